The van der Waals surface area contributed by atoms with Gasteiger partial charge in [0.15, 0.2) is 11.5 Å². The van der Waals surface area contributed by atoms with Crippen LogP contribution in [0.4, 0.5) is 0 Å². The minimum Gasteiger partial charge on any atom is -0.486 e. The predicted octanol–water partition coefficient (Wildman–Crippen LogP) is 3.09. The number of rotatable bonds is 1. The van der Waals surface area contributed by atoms with E-state index in [1.54, 1.807) is 0 Å². The maximum atomic E-state index is 6.40. The SMILES string of the molecule is CC(C)(C)N1CCC(N)C1c1cc(Br)c2c(c1)OCCO2. The number of benzene rings is 1. The molecule has 0 spiro atoms. The van der Waals surface area contributed by atoms with Crippen molar-refractivity contribution >= 4 is 15.9 Å². The second-order valence-electron chi connectivity index (χ2n) is 6.79. The Hall–Kier alpha value is -0.780. The molecule has 116 valence electrons. The van der Waals surface area contributed by atoms with E-state index in [1.807, 2.05) is 0 Å². The second kappa shape index (κ2) is 5.45. The molecule has 0 saturated carbocycles. The lowest BCUT2D eigenvalue weighted by Crippen LogP contribution is -2.43. The third-order valence-corrected chi connectivity index (χ3v) is 4.86. The Labute approximate surface area is 134 Å². The van der Waals surface area contributed by atoms with E-state index in [9.17, 15) is 0 Å². The van der Waals surface area contributed by atoms with Crippen LogP contribution in [-0.2, 0) is 0 Å². The Morgan fingerprint density at radius 1 is 1.24 bits per heavy atom. The van der Waals surface area contributed by atoms with Crippen molar-refractivity contribution in [2.45, 2.75) is 44.8 Å². The highest BCUT2D eigenvalue weighted by atomic mass is 79.9. The van der Waals surface area contributed by atoms with E-state index in [0.717, 1.165) is 28.9 Å². The molecule has 0 amide bonds. The Kier molecular flexibility index (Phi) is 3.93. The normalized spacial score (nSPS) is 26.1. The fourth-order valence-corrected chi connectivity index (χ4v) is 3.87. The predicted molar refractivity (Wildman–Crippen MR) is 86.9 cm³/mol. The van der Waals surface area contributed by atoms with E-state index in [4.69, 9.17) is 15.2 Å². The Morgan fingerprint density at radius 3 is 2.67 bits per heavy atom. The average Bonchev–Trinajstić information content (AvgIpc) is 2.80. The van der Waals surface area contributed by atoms with Gasteiger partial charge in [0.1, 0.15) is 13.2 Å². The quantitative estimate of drug-likeness (QED) is 0.841. The fourth-order valence-electron chi connectivity index (χ4n) is 3.30. The van der Waals surface area contributed by atoms with Gasteiger partial charge >= 0.3 is 0 Å². The molecule has 1 saturated heterocycles. The molecule has 2 aliphatic rings. The van der Waals surface area contributed by atoms with E-state index < -0.39 is 0 Å². The third kappa shape index (κ3) is 2.79. The maximum Gasteiger partial charge on any atom is 0.175 e. The summed E-state index contributed by atoms with van der Waals surface area (Å²) in [5, 5.41) is 0. The number of halogens is 1. The highest BCUT2D eigenvalue weighted by molar-refractivity contribution is 9.10. The molecule has 0 radical (unpaired) electrons. The Morgan fingerprint density at radius 2 is 1.95 bits per heavy atom. The smallest absolute Gasteiger partial charge is 0.175 e. The van der Waals surface area contributed by atoms with Crippen molar-refractivity contribution in [2.75, 3.05) is 19.8 Å². The molecule has 1 fully saturated rings. The lowest BCUT2D eigenvalue weighted by atomic mass is 9.96. The first-order valence-corrected chi connectivity index (χ1v) is 8.28. The van der Waals surface area contributed by atoms with Gasteiger partial charge in [-0.15, -0.1) is 0 Å². The highest BCUT2D eigenvalue weighted by Gasteiger charge is 2.39. The maximum absolute atomic E-state index is 6.40. The summed E-state index contributed by atoms with van der Waals surface area (Å²) in [5.41, 5.74) is 7.69. The van der Waals surface area contributed by atoms with Gasteiger partial charge in [0.25, 0.3) is 0 Å². The van der Waals surface area contributed by atoms with Crippen molar-refractivity contribution in [1.82, 2.24) is 4.90 Å². The summed E-state index contributed by atoms with van der Waals surface area (Å²) in [6.45, 7) is 8.95. The van der Waals surface area contributed by atoms with Crippen molar-refractivity contribution in [3.8, 4) is 11.5 Å². The molecule has 2 N–H and O–H groups in total. The number of nitrogens with zero attached hydrogens (tertiary/aromatic N) is 1. The lowest BCUT2D eigenvalue weighted by Gasteiger charge is -2.38. The molecule has 4 nitrogen and oxygen atoms in total. The van der Waals surface area contributed by atoms with Crippen LogP contribution in [0.3, 0.4) is 0 Å². The standard InChI is InChI=1S/C16H23BrN2O2/c1-16(2,3)19-5-4-12(18)14(19)10-8-11(17)15-13(9-10)20-6-7-21-15/h8-9,12,14H,4-7,18H2,1-3H3. The number of likely N-dealkylation sites (tertiary alicyclic amines) is 1. The van der Waals surface area contributed by atoms with Gasteiger partial charge in [-0.05, 0) is 60.8 Å². The summed E-state index contributed by atoms with van der Waals surface area (Å²) in [6, 6.07) is 4.59. The minimum absolute atomic E-state index is 0.0958. The molecule has 1 aromatic rings. The number of hydrogen-bond acceptors (Lipinski definition) is 4. The van der Waals surface area contributed by atoms with Crippen LogP contribution in [-0.4, -0.2) is 36.2 Å². The zero-order chi connectivity index (χ0) is 15.2. The first-order chi connectivity index (χ1) is 9.88. The van der Waals surface area contributed by atoms with Gasteiger partial charge in [-0.3, -0.25) is 4.90 Å². The topological polar surface area (TPSA) is 47.7 Å². The molecule has 1 aromatic carbocycles. The van der Waals surface area contributed by atoms with E-state index in [2.05, 4.69) is 53.7 Å². The Balaban J connectivity index is 2.00. The van der Waals surface area contributed by atoms with Crippen LogP contribution in [0.15, 0.2) is 16.6 Å². The van der Waals surface area contributed by atoms with E-state index >= 15 is 0 Å². The first kappa shape index (κ1) is 15.1. The zero-order valence-electron chi connectivity index (χ0n) is 12.9. The minimum atomic E-state index is 0.0958. The van der Waals surface area contributed by atoms with Crippen LogP contribution in [0.25, 0.3) is 0 Å². The molecule has 2 aliphatic heterocycles. The number of fused-ring (bicyclic) bond motifs is 1. The molecule has 5 heteroatoms. The van der Waals surface area contributed by atoms with Gasteiger partial charge in [0.2, 0.25) is 0 Å². The van der Waals surface area contributed by atoms with Crippen molar-refractivity contribution in [3.63, 3.8) is 0 Å². The van der Waals surface area contributed by atoms with Crippen LogP contribution >= 0.6 is 15.9 Å². The van der Waals surface area contributed by atoms with Crippen LogP contribution in [0.1, 0.15) is 38.8 Å². The average molecular weight is 355 g/mol. The van der Waals surface area contributed by atoms with Crippen LogP contribution in [0.5, 0.6) is 11.5 Å². The summed E-state index contributed by atoms with van der Waals surface area (Å²) in [6.07, 6.45) is 1.02. The Bertz CT molecular complexity index is 542. The van der Waals surface area contributed by atoms with Crippen molar-refractivity contribution in [3.05, 3.63) is 22.2 Å². The van der Waals surface area contributed by atoms with Gasteiger partial charge in [-0.2, -0.15) is 0 Å². The van der Waals surface area contributed by atoms with E-state index in [0.29, 0.717) is 13.2 Å². The van der Waals surface area contributed by atoms with Crippen molar-refractivity contribution < 1.29 is 9.47 Å². The number of nitrogens with two attached hydrogens (primary N) is 1. The van der Waals surface area contributed by atoms with Crippen molar-refractivity contribution in [2.24, 2.45) is 5.73 Å². The van der Waals surface area contributed by atoms with E-state index in [1.165, 1.54) is 5.56 Å². The molecular formula is C16H23BrN2O2. The third-order valence-electron chi connectivity index (χ3n) is 4.27. The molecule has 2 unspecified atom stereocenters. The zero-order valence-corrected chi connectivity index (χ0v) is 14.4. The monoisotopic (exact) mass is 354 g/mol. The number of ether oxygens (including phenoxy) is 2. The summed E-state index contributed by atoms with van der Waals surface area (Å²) < 4.78 is 12.4. The molecule has 3 rings (SSSR count). The summed E-state index contributed by atoms with van der Waals surface area (Å²) in [5.74, 6) is 1.62. The summed E-state index contributed by atoms with van der Waals surface area (Å²) in [7, 11) is 0. The van der Waals surface area contributed by atoms with Gasteiger partial charge in [0.05, 0.1) is 10.5 Å². The molecule has 0 bridgehead atoms. The van der Waals surface area contributed by atoms with Crippen LogP contribution < -0.4 is 15.2 Å². The van der Waals surface area contributed by atoms with Crippen LogP contribution in [0, 0.1) is 0 Å². The summed E-state index contributed by atoms with van der Waals surface area (Å²) >= 11 is 3.61. The van der Waals surface area contributed by atoms with Gasteiger partial charge in [0, 0.05) is 18.1 Å². The molecule has 2 heterocycles. The highest BCUT2D eigenvalue weighted by Crippen LogP contribution is 2.44. The molecule has 0 aliphatic carbocycles. The van der Waals surface area contributed by atoms with Crippen molar-refractivity contribution in [1.29, 1.82) is 0 Å². The van der Waals surface area contributed by atoms with Gasteiger partial charge < -0.3 is 15.2 Å². The summed E-state index contributed by atoms with van der Waals surface area (Å²) in [4.78, 5) is 2.48. The van der Waals surface area contributed by atoms with E-state index in [-0.39, 0.29) is 17.6 Å². The largest absolute Gasteiger partial charge is 0.486 e. The molecular weight excluding hydrogens is 332 g/mol. The molecule has 21 heavy (non-hydrogen) atoms. The first-order valence-electron chi connectivity index (χ1n) is 7.49. The fraction of sp³-hybridized carbons (Fsp3) is 0.625. The van der Waals surface area contributed by atoms with Gasteiger partial charge in [-0.25, -0.2) is 0 Å². The van der Waals surface area contributed by atoms with Crippen LogP contribution in [0.2, 0.25) is 0 Å². The van der Waals surface area contributed by atoms with Gasteiger partial charge in [-0.1, -0.05) is 0 Å². The number of hydrogen-bond donors (Lipinski definition) is 1. The molecule has 2 atom stereocenters. The lowest BCUT2D eigenvalue weighted by molar-refractivity contribution is 0.116. The molecule has 0 aromatic heterocycles. The second-order valence-corrected chi connectivity index (χ2v) is 7.64.